The first kappa shape index (κ1) is 12.1. The molecule has 0 spiro atoms. The number of nitriles is 1. The van der Waals surface area contributed by atoms with Crippen LogP contribution in [0, 0.1) is 17.1 Å². The number of rotatable bonds is 4. The van der Waals surface area contributed by atoms with Crippen molar-refractivity contribution in [2.24, 2.45) is 7.05 Å². The molecule has 1 aromatic carbocycles. The summed E-state index contributed by atoms with van der Waals surface area (Å²) in [5.41, 5.74) is 0.961. The molecule has 0 aliphatic rings. The smallest absolute Gasteiger partial charge is 0.124 e. The lowest BCUT2D eigenvalue weighted by Gasteiger charge is -2.08. The summed E-state index contributed by atoms with van der Waals surface area (Å²) < 4.78 is 14.9. The monoisotopic (exact) mass is 244 g/mol. The fourth-order valence-electron chi connectivity index (χ4n) is 1.71. The molecule has 0 fully saturated rings. The Labute approximate surface area is 105 Å². The van der Waals surface area contributed by atoms with E-state index in [-0.39, 0.29) is 0 Å². The number of benzene rings is 1. The van der Waals surface area contributed by atoms with Crippen LogP contribution in [0.4, 0.5) is 10.1 Å². The molecule has 2 aromatic rings. The maximum Gasteiger partial charge on any atom is 0.124 e. The molecule has 0 unspecified atom stereocenters. The number of imidazole rings is 1. The van der Waals surface area contributed by atoms with Crippen molar-refractivity contribution >= 4 is 5.69 Å². The zero-order chi connectivity index (χ0) is 13.0. The van der Waals surface area contributed by atoms with Gasteiger partial charge in [0.05, 0.1) is 11.3 Å². The number of nitrogens with one attached hydrogen (secondary N) is 1. The lowest BCUT2D eigenvalue weighted by molar-refractivity contribution is 0.627. The second-order valence-corrected chi connectivity index (χ2v) is 3.93. The molecule has 0 aliphatic heterocycles. The van der Waals surface area contributed by atoms with Gasteiger partial charge >= 0.3 is 0 Å². The summed E-state index contributed by atoms with van der Waals surface area (Å²) in [6.07, 6.45) is 4.37. The Hall–Kier alpha value is -2.35. The van der Waals surface area contributed by atoms with Crippen molar-refractivity contribution in [3.8, 4) is 6.07 Å². The van der Waals surface area contributed by atoms with Gasteiger partial charge in [0, 0.05) is 32.4 Å². The largest absolute Gasteiger partial charge is 0.384 e. The Morgan fingerprint density at radius 1 is 1.50 bits per heavy atom. The van der Waals surface area contributed by atoms with Crippen LogP contribution in [0.25, 0.3) is 0 Å². The van der Waals surface area contributed by atoms with Gasteiger partial charge in [-0.1, -0.05) is 0 Å². The second-order valence-electron chi connectivity index (χ2n) is 3.93. The SMILES string of the molecule is Cn1ccnc1CCNc1ccc(F)cc1C#N. The van der Waals surface area contributed by atoms with Gasteiger partial charge in [0.15, 0.2) is 0 Å². The third-order valence-corrected chi connectivity index (χ3v) is 2.69. The Balaban J connectivity index is 1.99. The molecule has 1 N–H and O–H groups in total. The molecule has 0 atom stereocenters. The maximum absolute atomic E-state index is 12.9. The Morgan fingerprint density at radius 2 is 2.33 bits per heavy atom. The van der Waals surface area contributed by atoms with Gasteiger partial charge in [-0.15, -0.1) is 0 Å². The highest BCUT2D eigenvalue weighted by molar-refractivity contribution is 5.57. The molecule has 0 aliphatic carbocycles. The van der Waals surface area contributed by atoms with E-state index in [1.807, 2.05) is 23.9 Å². The third kappa shape index (κ3) is 2.66. The van der Waals surface area contributed by atoms with Crippen LogP contribution in [0.15, 0.2) is 30.6 Å². The van der Waals surface area contributed by atoms with E-state index in [2.05, 4.69) is 10.3 Å². The van der Waals surface area contributed by atoms with Crippen molar-refractivity contribution in [1.82, 2.24) is 9.55 Å². The molecule has 4 nitrogen and oxygen atoms in total. The van der Waals surface area contributed by atoms with Gasteiger partial charge in [0.25, 0.3) is 0 Å². The average Bonchev–Trinajstić information content (AvgIpc) is 2.77. The zero-order valence-electron chi connectivity index (χ0n) is 10.0. The summed E-state index contributed by atoms with van der Waals surface area (Å²) in [6.45, 7) is 0.644. The highest BCUT2D eigenvalue weighted by Gasteiger charge is 2.04. The number of nitrogens with zero attached hydrogens (tertiary/aromatic N) is 3. The summed E-state index contributed by atoms with van der Waals surface area (Å²) in [5.74, 6) is 0.560. The summed E-state index contributed by atoms with van der Waals surface area (Å²) in [6, 6.07) is 6.11. The highest BCUT2D eigenvalue weighted by atomic mass is 19.1. The Bertz CT molecular complexity index is 583. The van der Waals surface area contributed by atoms with Crippen molar-refractivity contribution in [2.75, 3.05) is 11.9 Å². The van der Waals surface area contributed by atoms with Gasteiger partial charge in [-0.3, -0.25) is 0 Å². The predicted octanol–water partition coefficient (Wildman–Crippen LogP) is 2.09. The summed E-state index contributed by atoms with van der Waals surface area (Å²) in [5, 5.41) is 12.0. The molecular formula is C13H13FN4. The molecule has 0 radical (unpaired) electrons. The molecule has 5 heteroatoms. The van der Waals surface area contributed by atoms with E-state index >= 15 is 0 Å². The number of hydrogen-bond donors (Lipinski definition) is 1. The maximum atomic E-state index is 12.9. The fourth-order valence-corrected chi connectivity index (χ4v) is 1.71. The van der Waals surface area contributed by atoms with E-state index in [0.717, 1.165) is 12.2 Å². The van der Waals surface area contributed by atoms with Crippen molar-refractivity contribution in [3.05, 3.63) is 47.8 Å². The Kier molecular flexibility index (Phi) is 3.58. The molecule has 0 saturated carbocycles. The molecule has 0 bridgehead atoms. The van der Waals surface area contributed by atoms with Gasteiger partial charge in [-0.25, -0.2) is 9.37 Å². The number of halogens is 1. The molecule has 1 aromatic heterocycles. The van der Waals surface area contributed by atoms with Crippen LogP contribution >= 0.6 is 0 Å². The van der Waals surface area contributed by atoms with E-state index in [1.54, 1.807) is 12.3 Å². The summed E-state index contributed by atoms with van der Waals surface area (Å²) in [7, 11) is 1.93. The van der Waals surface area contributed by atoms with Gasteiger partial charge in [-0.2, -0.15) is 5.26 Å². The molecular weight excluding hydrogens is 231 g/mol. The van der Waals surface area contributed by atoms with E-state index < -0.39 is 5.82 Å². The third-order valence-electron chi connectivity index (χ3n) is 2.69. The number of anilines is 1. The summed E-state index contributed by atoms with van der Waals surface area (Å²) in [4.78, 5) is 4.20. The summed E-state index contributed by atoms with van der Waals surface area (Å²) >= 11 is 0. The minimum Gasteiger partial charge on any atom is -0.384 e. The van der Waals surface area contributed by atoms with Crippen LogP contribution in [0.1, 0.15) is 11.4 Å². The van der Waals surface area contributed by atoms with E-state index in [1.165, 1.54) is 12.1 Å². The van der Waals surface area contributed by atoms with E-state index in [4.69, 9.17) is 5.26 Å². The van der Waals surface area contributed by atoms with Gasteiger partial charge in [0.2, 0.25) is 0 Å². The topological polar surface area (TPSA) is 53.6 Å². The van der Waals surface area contributed by atoms with Crippen molar-refractivity contribution in [2.45, 2.75) is 6.42 Å². The first-order chi connectivity index (χ1) is 8.70. The van der Waals surface area contributed by atoms with E-state index in [9.17, 15) is 4.39 Å². The van der Waals surface area contributed by atoms with Gasteiger partial charge in [-0.05, 0) is 18.2 Å². The molecule has 18 heavy (non-hydrogen) atoms. The van der Waals surface area contributed by atoms with Gasteiger partial charge in [0.1, 0.15) is 17.7 Å². The number of aryl methyl sites for hydroxylation is 1. The molecule has 0 saturated heterocycles. The molecule has 0 amide bonds. The van der Waals surface area contributed by atoms with Crippen LogP contribution in [-0.4, -0.2) is 16.1 Å². The highest BCUT2D eigenvalue weighted by Crippen LogP contribution is 2.15. The van der Waals surface area contributed by atoms with Crippen molar-refractivity contribution in [1.29, 1.82) is 5.26 Å². The van der Waals surface area contributed by atoms with Gasteiger partial charge < -0.3 is 9.88 Å². The van der Waals surface area contributed by atoms with Crippen LogP contribution in [0.5, 0.6) is 0 Å². The molecule has 1 heterocycles. The van der Waals surface area contributed by atoms with Crippen molar-refractivity contribution < 1.29 is 4.39 Å². The Morgan fingerprint density at radius 3 is 3.00 bits per heavy atom. The lowest BCUT2D eigenvalue weighted by Crippen LogP contribution is -2.09. The van der Waals surface area contributed by atoms with Crippen LogP contribution < -0.4 is 5.32 Å². The van der Waals surface area contributed by atoms with Crippen LogP contribution in [0.2, 0.25) is 0 Å². The van der Waals surface area contributed by atoms with Crippen LogP contribution in [0.3, 0.4) is 0 Å². The second kappa shape index (κ2) is 5.32. The molecule has 2 rings (SSSR count). The minimum atomic E-state index is -0.402. The van der Waals surface area contributed by atoms with E-state index in [0.29, 0.717) is 17.8 Å². The van der Waals surface area contributed by atoms with Crippen molar-refractivity contribution in [3.63, 3.8) is 0 Å². The fraction of sp³-hybridized carbons (Fsp3) is 0.231. The predicted molar refractivity (Wildman–Crippen MR) is 66.5 cm³/mol. The number of hydrogen-bond acceptors (Lipinski definition) is 3. The standard InChI is InChI=1S/C13H13FN4/c1-18-7-6-17-13(18)4-5-16-12-3-2-11(14)8-10(12)9-15/h2-3,6-8,16H,4-5H2,1H3. The quantitative estimate of drug-likeness (QED) is 0.896. The molecule has 92 valence electrons. The number of aromatic nitrogens is 2. The average molecular weight is 244 g/mol. The first-order valence-electron chi connectivity index (χ1n) is 5.60. The minimum absolute atomic E-state index is 0.315. The zero-order valence-corrected chi connectivity index (χ0v) is 10.0. The first-order valence-corrected chi connectivity index (χ1v) is 5.60. The lowest BCUT2D eigenvalue weighted by atomic mass is 10.2. The van der Waals surface area contributed by atoms with Crippen LogP contribution in [-0.2, 0) is 13.5 Å². The normalized spacial score (nSPS) is 10.1.